The number of rotatable bonds is 3. The second-order valence-corrected chi connectivity index (χ2v) is 3.81. The molecular weight excluding hydrogens is 235 g/mol. The van der Waals surface area contributed by atoms with Crippen molar-refractivity contribution in [1.29, 1.82) is 0 Å². The van der Waals surface area contributed by atoms with Crippen molar-refractivity contribution in [1.82, 2.24) is 4.98 Å². The average Bonchev–Trinajstić information content (AvgIpc) is 2.78. The Morgan fingerprint density at radius 2 is 1.89 bits per heavy atom. The van der Waals surface area contributed by atoms with E-state index in [-0.39, 0.29) is 11.5 Å². The van der Waals surface area contributed by atoms with E-state index in [0.717, 1.165) is 0 Å². The molecule has 0 saturated carbocycles. The molecule has 2 N–H and O–H groups in total. The van der Waals surface area contributed by atoms with Crippen molar-refractivity contribution >= 4 is 17.4 Å². The number of halogens is 1. The van der Waals surface area contributed by atoms with E-state index < -0.39 is 11.7 Å². The highest BCUT2D eigenvalue weighted by molar-refractivity contribution is 6.04. The van der Waals surface area contributed by atoms with Crippen LogP contribution in [0.15, 0.2) is 36.4 Å². The fourth-order valence-electron chi connectivity index (χ4n) is 1.50. The molecule has 4 nitrogen and oxygen atoms in total. The van der Waals surface area contributed by atoms with E-state index in [4.69, 9.17) is 0 Å². The lowest BCUT2D eigenvalue weighted by molar-refractivity contribution is 0.101. The number of aromatic nitrogens is 1. The Kier molecular flexibility index (Phi) is 3.23. The Balaban J connectivity index is 2.14. The van der Waals surface area contributed by atoms with Crippen LogP contribution in [0.5, 0.6) is 0 Å². The minimum Gasteiger partial charge on any atom is -0.348 e. The van der Waals surface area contributed by atoms with E-state index in [1.807, 2.05) is 0 Å². The topological polar surface area (TPSA) is 62.0 Å². The maximum Gasteiger partial charge on any atom is 0.272 e. The van der Waals surface area contributed by atoms with Gasteiger partial charge in [-0.1, -0.05) is 6.07 Å². The van der Waals surface area contributed by atoms with Gasteiger partial charge in [-0.3, -0.25) is 9.59 Å². The van der Waals surface area contributed by atoms with Crippen LogP contribution in [0.3, 0.4) is 0 Å². The molecule has 2 rings (SSSR count). The molecular formula is C13H11FN2O2. The standard InChI is InChI=1S/C13H11FN2O2/c1-8(17)11-5-6-12(16-11)13(18)15-10-4-2-3-9(14)7-10/h2-7,16H,1H3,(H,15,18). The van der Waals surface area contributed by atoms with Crippen molar-refractivity contribution in [2.75, 3.05) is 5.32 Å². The summed E-state index contributed by atoms with van der Waals surface area (Å²) in [6.07, 6.45) is 0. The van der Waals surface area contributed by atoms with E-state index in [9.17, 15) is 14.0 Å². The van der Waals surface area contributed by atoms with Crippen LogP contribution >= 0.6 is 0 Å². The molecule has 1 aromatic carbocycles. The predicted molar refractivity (Wildman–Crippen MR) is 65.2 cm³/mol. The number of H-pyrrole nitrogens is 1. The van der Waals surface area contributed by atoms with Gasteiger partial charge in [0.1, 0.15) is 11.5 Å². The summed E-state index contributed by atoms with van der Waals surface area (Å²) >= 11 is 0. The monoisotopic (exact) mass is 246 g/mol. The number of ketones is 1. The van der Waals surface area contributed by atoms with Gasteiger partial charge in [0.25, 0.3) is 5.91 Å². The van der Waals surface area contributed by atoms with Crippen LogP contribution in [0, 0.1) is 5.82 Å². The van der Waals surface area contributed by atoms with Crippen molar-refractivity contribution in [2.45, 2.75) is 6.92 Å². The van der Waals surface area contributed by atoms with Gasteiger partial charge < -0.3 is 10.3 Å². The number of carbonyl (C=O) groups excluding carboxylic acids is 2. The Hall–Kier alpha value is -2.43. The molecule has 18 heavy (non-hydrogen) atoms. The quantitative estimate of drug-likeness (QED) is 0.818. The third kappa shape index (κ3) is 2.63. The smallest absolute Gasteiger partial charge is 0.272 e. The van der Waals surface area contributed by atoms with Crippen molar-refractivity contribution in [3.05, 3.63) is 53.6 Å². The summed E-state index contributed by atoms with van der Waals surface area (Å²) in [6, 6.07) is 8.62. The van der Waals surface area contributed by atoms with Crippen LogP contribution < -0.4 is 5.32 Å². The number of nitrogens with one attached hydrogen (secondary N) is 2. The summed E-state index contributed by atoms with van der Waals surface area (Å²) in [6.45, 7) is 1.40. The van der Waals surface area contributed by atoms with Gasteiger partial charge in [-0.15, -0.1) is 0 Å². The number of amides is 1. The molecule has 0 spiro atoms. The van der Waals surface area contributed by atoms with Gasteiger partial charge in [-0.2, -0.15) is 0 Å². The zero-order valence-electron chi connectivity index (χ0n) is 9.66. The Bertz CT molecular complexity index is 605. The van der Waals surface area contributed by atoms with Crippen molar-refractivity contribution < 1.29 is 14.0 Å². The molecule has 0 unspecified atom stereocenters. The van der Waals surface area contributed by atoms with Crippen LogP contribution in [-0.2, 0) is 0 Å². The number of hydrogen-bond donors (Lipinski definition) is 2. The van der Waals surface area contributed by atoms with Crippen LogP contribution in [-0.4, -0.2) is 16.7 Å². The maximum absolute atomic E-state index is 12.9. The highest BCUT2D eigenvalue weighted by atomic mass is 19.1. The van der Waals surface area contributed by atoms with Crippen molar-refractivity contribution in [2.24, 2.45) is 0 Å². The summed E-state index contributed by atoms with van der Waals surface area (Å²) in [5.41, 5.74) is 0.975. The van der Waals surface area contributed by atoms with Gasteiger partial charge in [0.2, 0.25) is 0 Å². The highest BCUT2D eigenvalue weighted by Crippen LogP contribution is 2.11. The van der Waals surface area contributed by atoms with E-state index in [0.29, 0.717) is 11.4 Å². The van der Waals surface area contributed by atoms with Crippen molar-refractivity contribution in [3.8, 4) is 0 Å². The molecule has 0 radical (unpaired) electrons. The highest BCUT2D eigenvalue weighted by Gasteiger charge is 2.10. The third-order valence-electron chi connectivity index (χ3n) is 2.39. The van der Waals surface area contributed by atoms with Crippen LogP contribution in [0.4, 0.5) is 10.1 Å². The summed E-state index contributed by atoms with van der Waals surface area (Å²) in [7, 11) is 0. The third-order valence-corrected chi connectivity index (χ3v) is 2.39. The summed E-state index contributed by atoms with van der Waals surface area (Å²) in [4.78, 5) is 25.5. The lowest BCUT2D eigenvalue weighted by atomic mass is 10.3. The van der Waals surface area contributed by atoms with Crippen molar-refractivity contribution in [3.63, 3.8) is 0 Å². The van der Waals surface area contributed by atoms with Gasteiger partial charge in [0, 0.05) is 12.6 Å². The van der Waals surface area contributed by atoms with Gasteiger partial charge in [-0.25, -0.2) is 4.39 Å². The Morgan fingerprint density at radius 1 is 1.17 bits per heavy atom. The Labute approximate surface area is 103 Å². The molecule has 0 fully saturated rings. The number of carbonyl (C=O) groups is 2. The molecule has 0 saturated heterocycles. The molecule has 0 bridgehead atoms. The molecule has 1 heterocycles. The fraction of sp³-hybridized carbons (Fsp3) is 0.0769. The predicted octanol–water partition coefficient (Wildman–Crippen LogP) is 2.61. The molecule has 1 aromatic heterocycles. The first kappa shape index (κ1) is 12.0. The minimum absolute atomic E-state index is 0.153. The van der Waals surface area contributed by atoms with Crippen LogP contribution in [0.25, 0.3) is 0 Å². The van der Waals surface area contributed by atoms with Gasteiger partial charge in [0.05, 0.1) is 5.69 Å². The lowest BCUT2D eigenvalue weighted by Gasteiger charge is -2.03. The first-order chi connectivity index (χ1) is 8.56. The largest absolute Gasteiger partial charge is 0.348 e. The Morgan fingerprint density at radius 3 is 2.50 bits per heavy atom. The van der Waals surface area contributed by atoms with Crippen LogP contribution in [0.2, 0.25) is 0 Å². The zero-order chi connectivity index (χ0) is 13.1. The lowest BCUT2D eigenvalue weighted by Crippen LogP contribution is -2.12. The van der Waals surface area contributed by atoms with E-state index >= 15 is 0 Å². The molecule has 0 aliphatic rings. The minimum atomic E-state index is -0.427. The van der Waals surface area contributed by atoms with E-state index in [1.165, 1.54) is 37.3 Å². The molecule has 0 aliphatic carbocycles. The number of anilines is 1. The fourth-order valence-corrected chi connectivity index (χ4v) is 1.50. The first-order valence-corrected chi connectivity index (χ1v) is 5.33. The first-order valence-electron chi connectivity index (χ1n) is 5.33. The second kappa shape index (κ2) is 4.83. The van der Waals surface area contributed by atoms with Gasteiger partial charge in [-0.05, 0) is 30.3 Å². The SMILES string of the molecule is CC(=O)c1ccc(C(=O)Nc2cccc(F)c2)[nH]1. The normalized spacial score (nSPS) is 10.1. The summed E-state index contributed by atoms with van der Waals surface area (Å²) in [5.74, 6) is -1.00. The van der Waals surface area contributed by atoms with Crippen LogP contribution in [0.1, 0.15) is 27.9 Å². The molecule has 92 valence electrons. The molecule has 0 atom stereocenters. The van der Waals surface area contributed by atoms with Gasteiger partial charge in [0.15, 0.2) is 5.78 Å². The molecule has 1 amide bonds. The summed E-state index contributed by atoms with van der Waals surface area (Å²) in [5, 5.41) is 2.53. The zero-order valence-corrected chi connectivity index (χ0v) is 9.66. The van der Waals surface area contributed by atoms with E-state index in [1.54, 1.807) is 6.07 Å². The van der Waals surface area contributed by atoms with Gasteiger partial charge >= 0.3 is 0 Å². The average molecular weight is 246 g/mol. The molecule has 5 heteroatoms. The number of aromatic amines is 1. The number of benzene rings is 1. The van der Waals surface area contributed by atoms with E-state index in [2.05, 4.69) is 10.3 Å². The number of hydrogen-bond acceptors (Lipinski definition) is 2. The maximum atomic E-state index is 12.9. The second-order valence-electron chi connectivity index (χ2n) is 3.81. The number of Topliss-reactive ketones (excluding diaryl/α,β-unsaturated/α-hetero) is 1. The molecule has 0 aliphatic heterocycles. The molecule has 2 aromatic rings. The summed E-state index contributed by atoms with van der Waals surface area (Å²) < 4.78 is 12.9.